The van der Waals surface area contributed by atoms with E-state index in [0.717, 1.165) is 5.69 Å². The SMILES string of the molecule is O=C(OCc1nnnn1-c1ccccc1)c1ccccc1C(=O)c1ccccc1. The second kappa shape index (κ2) is 8.26. The summed E-state index contributed by atoms with van der Waals surface area (Å²) >= 11 is 0. The third kappa shape index (κ3) is 3.93. The van der Waals surface area contributed by atoms with Crippen LogP contribution in [0.4, 0.5) is 0 Å². The highest BCUT2D eigenvalue weighted by Gasteiger charge is 2.20. The summed E-state index contributed by atoms with van der Waals surface area (Å²) in [4.78, 5) is 25.5. The Morgan fingerprint density at radius 3 is 2.14 bits per heavy atom. The molecule has 0 radical (unpaired) electrons. The summed E-state index contributed by atoms with van der Waals surface area (Å²) in [5.74, 6) is -0.490. The molecule has 0 fully saturated rings. The molecule has 0 aliphatic heterocycles. The number of aromatic nitrogens is 4. The van der Waals surface area contributed by atoms with Gasteiger partial charge in [0.2, 0.25) is 0 Å². The Hall–Kier alpha value is -4.13. The number of esters is 1. The van der Waals surface area contributed by atoms with E-state index in [0.29, 0.717) is 11.4 Å². The standard InChI is InChI=1S/C22H16N4O3/c27-21(16-9-3-1-4-10-16)18-13-7-8-14-19(18)22(28)29-15-20-23-24-25-26(20)17-11-5-2-6-12-17/h1-14H,15H2. The second-order valence-corrected chi connectivity index (χ2v) is 6.16. The molecule has 3 aromatic carbocycles. The number of carbonyl (C=O) groups excluding carboxylic acids is 2. The average molecular weight is 384 g/mol. The van der Waals surface area contributed by atoms with Crippen LogP contribution in [0, 0.1) is 0 Å². The molecule has 7 nitrogen and oxygen atoms in total. The summed E-state index contributed by atoms with van der Waals surface area (Å²) in [6, 6.07) is 24.7. The van der Waals surface area contributed by atoms with E-state index in [9.17, 15) is 9.59 Å². The lowest BCUT2D eigenvalue weighted by Crippen LogP contribution is -2.14. The third-order valence-electron chi connectivity index (χ3n) is 4.29. The topological polar surface area (TPSA) is 87.0 Å². The minimum absolute atomic E-state index is 0.130. The summed E-state index contributed by atoms with van der Waals surface area (Å²) in [5.41, 5.74) is 1.73. The van der Waals surface area contributed by atoms with Crippen molar-refractivity contribution < 1.29 is 14.3 Å². The van der Waals surface area contributed by atoms with Crippen molar-refractivity contribution >= 4 is 11.8 Å². The van der Waals surface area contributed by atoms with E-state index in [1.54, 1.807) is 48.5 Å². The molecule has 0 bridgehead atoms. The van der Waals surface area contributed by atoms with Gasteiger partial charge in [0.15, 0.2) is 18.2 Å². The number of rotatable bonds is 6. The molecular weight excluding hydrogens is 368 g/mol. The zero-order chi connectivity index (χ0) is 20.1. The number of ether oxygens (including phenoxy) is 1. The number of carbonyl (C=O) groups is 2. The lowest BCUT2D eigenvalue weighted by Gasteiger charge is -2.09. The number of hydrogen-bond acceptors (Lipinski definition) is 6. The van der Waals surface area contributed by atoms with Crippen molar-refractivity contribution in [2.45, 2.75) is 6.61 Å². The van der Waals surface area contributed by atoms with E-state index in [-0.39, 0.29) is 23.5 Å². The van der Waals surface area contributed by atoms with Crippen molar-refractivity contribution in [3.8, 4) is 5.69 Å². The Kier molecular flexibility index (Phi) is 5.20. The van der Waals surface area contributed by atoms with Crippen molar-refractivity contribution in [3.63, 3.8) is 0 Å². The molecule has 0 saturated heterocycles. The molecule has 7 heteroatoms. The molecule has 142 valence electrons. The fraction of sp³-hybridized carbons (Fsp3) is 0.0455. The molecule has 0 atom stereocenters. The first-order valence-electron chi connectivity index (χ1n) is 8.92. The fourth-order valence-electron chi connectivity index (χ4n) is 2.88. The highest BCUT2D eigenvalue weighted by atomic mass is 16.5. The van der Waals surface area contributed by atoms with Crippen molar-refractivity contribution in [1.82, 2.24) is 20.2 Å². The van der Waals surface area contributed by atoms with Gasteiger partial charge in [0.1, 0.15) is 0 Å². The van der Waals surface area contributed by atoms with Gasteiger partial charge < -0.3 is 4.74 Å². The zero-order valence-corrected chi connectivity index (χ0v) is 15.3. The Morgan fingerprint density at radius 2 is 1.41 bits per heavy atom. The maximum atomic E-state index is 12.8. The highest BCUT2D eigenvalue weighted by Crippen LogP contribution is 2.17. The third-order valence-corrected chi connectivity index (χ3v) is 4.29. The van der Waals surface area contributed by atoms with E-state index in [2.05, 4.69) is 15.5 Å². The first-order valence-corrected chi connectivity index (χ1v) is 8.92. The van der Waals surface area contributed by atoms with E-state index in [4.69, 9.17) is 4.74 Å². The molecule has 4 rings (SSSR count). The molecule has 29 heavy (non-hydrogen) atoms. The second-order valence-electron chi connectivity index (χ2n) is 6.16. The molecule has 0 aliphatic carbocycles. The summed E-state index contributed by atoms with van der Waals surface area (Å²) < 4.78 is 6.90. The van der Waals surface area contributed by atoms with Crippen LogP contribution in [0.2, 0.25) is 0 Å². The Balaban J connectivity index is 1.54. The fourth-order valence-corrected chi connectivity index (χ4v) is 2.88. The molecule has 0 spiro atoms. The van der Waals surface area contributed by atoms with Crippen LogP contribution >= 0.6 is 0 Å². The molecule has 0 saturated carbocycles. The van der Waals surface area contributed by atoms with Crippen LogP contribution in [0.5, 0.6) is 0 Å². The monoisotopic (exact) mass is 384 g/mol. The number of nitrogens with zero attached hydrogens (tertiary/aromatic N) is 4. The number of ketones is 1. The van der Waals surface area contributed by atoms with Gasteiger partial charge in [0, 0.05) is 11.1 Å². The molecular formula is C22H16N4O3. The molecule has 0 amide bonds. The average Bonchev–Trinajstić information content (AvgIpc) is 3.27. The van der Waals surface area contributed by atoms with Gasteiger partial charge in [-0.3, -0.25) is 4.79 Å². The number of benzene rings is 3. The summed E-state index contributed by atoms with van der Waals surface area (Å²) in [5, 5.41) is 11.5. The van der Waals surface area contributed by atoms with Crippen LogP contribution in [-0.2, 0) is 11.3 Å². The van der Waals surface area contributed by atoms with Gasteiger partial charge in [-0.25, -0.2) is 4.79 Å². The van der Waals surface area contributed by atoms with Gasteiger partial charge in [-0.2, -0.15) is 4.68 Å². The van der Waals surface area contributed by atoms with Crippen molar-refractivity contribution in [3.05, 3.63) is 107 Å². The van der Waals surface area contributed by atoms with Crippen molar-refractivity contribution in [2.24, 2.45) is 0 Å². The molecule has 1 heterocycles. The van der Waals surface area contributed by atoms with Gasteiger partial charge in [0.05, 0.1) is 11.3 Å². The predicted octanol–water partition coefficient (Wildman–Crippen LogP) is 3.25. The first-order chi connectivity index (χ1) is 14.2. The molecule has 4 aromatic rings. The number of hydrogen-bond donors (Lipinski definition) is 0. The largest absolute Gasteiger partial charge is 0.454 e. The van der Waals surface area contributed by atoms with Crippen molar-refractivity contribution in [1.29, 1.82) is 0 Å². The molecule has 1 aromatic heterocycles. The molecule has 0 aliphatic rings. The van der Waals surface area contributed by atoms with Crippen LogP contribution in [0.1, 0.15) is 32.1 Å². The summed E-state index contributed by atoms with van der Waals surface area (Å²) in [6.07, 6.45) is 0. The number of para-hydroxylation sites is 1. The quantitative estimate of drug-likeness (QED) is 0.375. The van der Waals surface area contributed by atoms with Gasteiger partial charge in [0.25, 0.3) is 0 Å². The van der Waals surface area contributed by atoms with Gasteiger partial charge in [-0.15, -0.1) is 5.10 Å². The lowest BCUT2D eigenvalue weighted by molar-refractivity contribution is 0.0457. The van der Waals surface area contributed by atoms with Crippen LogP contribution in [0.15, 0.2) is 84.9 Å². The minimum atomic E-state index is -0.618. The van der Waals surface area contributed by atoms with Crippen LogP contribution in [0.3, 0.4) is 0 Å². The molecule has 0 unspecified atom stereocenters. The summed E-state index contributed by atoms with van der Waals surface area (Å²) in [6.45, 7) is -0.130. The van der Waals surface area contributed by atoms with Crippen LogP contribution < -0.4 is 0 Å². The van der Waals surface area contributed by atoms with Crippen LogP contribution in [-0.4, -0.2) is 32.0 Å². The van der Waals surface area contributed by atoms with E-state index in [1.165, 1.54) is 4.68 Å². The molecule has 0 N–H and O–H groups in total. The minimum Gasteiger partial charge on any atom is -0.454 e. The van der Waals surface area contributed by atoms with Gasteiger partial charge in [-0.05, 0) is 28.6 Å². The number of tetrazole rings is 1. The van der Waals surface area contributed by atoms with E-state index in [1.807, 2.05) is 36.4 Å². The van der Waals surface area contributed by atoms with Gasteiger partial charge in [-0.1, -0.05) is 66.7 Å². The maximum absolute atomic E-state index is 12.8. The normalized spacial score (nSPS) is 10.5. The Bertz CT molecular complexity index is 1140. The van der Waals surface area contributed by atoms with E-state index >= 15 is 0 Å². The highest BCUT2D eigenvalue weighted by molar-refractivity contribution is 6.14. The Labute approximate surface area is 166 Å². The van der Waals surface area contributed by atoms with Crippen molar-refractivity contribution in [2.75, 3.05) is 0 Å². The van der Waals surface area contributed by atoms with Gasteiger partial charge >= 0.3 is 5.97 Å². The van der Waals surface area contributed by atoms with Crippen LogP contribution in [0.25, 0.3) is 5.69 Å². The first kappa shape index (κ1) is 18.2. The van der Waals surface area contributed by atoms with E-state index < -0.39 is 5.97 Å². The zero-order valence-electron chi connectivity index (χ0n) is 15.3. The predicted molar refractivity (Wildman–Crippen MR) is 105 cm³/mol. The Morgan fingerprint density at radius 1 is 0.793 bits per heavy atom. The smallest absolute Gasteiger partial charge is 0.339 e. The summed E-state index contributed by atoms with van der Waals surface area (Å²) in [7, 11) is 0. The maximum Gasteiger partial charge on any atom is 0.339 e. The lowest BCUT2D eigenvalue weighted by atomic mass is 9.98.